The van der Waals surface area contributed by atoms with E-state index >= 15 is 0 Å². The summed E-state index contributed by atoms with van der Waals surface area (Å²) in [7, 11) is 0. The Morgan fingerprint density at radius 3 is 1.97 bits per heavy atom. The van der Waals surface area contributed by atoms with Crippen molar-refractivity contribution in [1.29, 1.82) is 0 Å². The van der Waals surface area contributed by atoms with Crippen LogP contribution in [-0.2, 0) is 20.5 Å². The molecule has 0 unspecified atom stereocenters. The number of carbonyl (C=O) groups excluding carboxylic acids is 2. The molecule has 1 heterocycles. The van der Waals surface area contributed by atoms with Crippen molar-refractivity contribution in [3.05, 3.63) is 58.1 Å². The summed E-state index contributed by atoms with van der Waals surface area (Å²) >= 11 is 5.81. The Bertz CT molecular complexity index is 1110. The number of alkyl halides is 3. The molecule has 0 N–H and O–H groups in total. The maximum Gasteiger partial charge on any atom is 0.417 e. The lowest BCUT2D eigenvalue weighted by Gasteiger charge is -2.43. The number of hydrogen-bond acceptors (Lipinski definition) is 4. The van der Waals surface area contributed by atoms with Gasteiger partial charge in [0.15, 0.2) is 11.6 Å². The molecule has 0 aromatic heterocycles. The van der Waals surface area contributed by atoms with Gasteiger partial charge in [-0.15, -0.1) is 0 Å². The molecule has 2 aromatic rings. The zero-order valence-corrected chi connectivity index (χ0v) is 19.4. The first-order chi connectivity index (χ1) is 15.2. The highest BCUT2D eigenvalue weighted by molar-refractivity contribution is 6.31. The van der Waals surface area contributed by atoms with E-state index in [1.165, 1.54) is 6.07 Å². The summed E-state index contributed by atoms with van der Waals surface area (Å²) in [6, 6.07) is 8.28. The number of rotatable bonds is 4. The van der Waals surface area contributed by atoms with Crippen molar-refractivity contribution < 1.29 is 32.2 Å². The van der Waals surface area contributed by atoms with Crippen molar-refractivity contribution in [3.8, 4) is 11.5 Å². The van der Waals surface area contributed by atoms with E-state index in [4.69, 9.17) is 21.1 Å². The van der Waals surface area contributed by atoms with Crippen LogP contribution in [0.4, 0.5) is 13.2 Å². The van der Waals surface area contributed by atoms with Gasteiger partial charge in [0.05, 0.1) is 10.6 Å². The van der Waals surface area contributed by atoms with Gasteiger partial charge in [0.25, 0.3) is 0 Å². The zero-order chi connectivity index (χ0) is 24.3. The van der Waals surface area contributed by atoms with Gasteiger partial charge in [0.1, 0.15) is 28.6 Å². The fourth-order valence-corrected chi connectivity index (χ4v) is 4.67. The Kier molecular flexibility index (Phi) is 5.65. The second-order valence-corrected chi connectivity index (χ2v) is 10.00. The topological polar surface area (TPSA) is 52.6 Å². The van der Waals surface area contributed by atoms with Crippen molar-refractivity contribution >= 4 is 23.2 Å². The van der Waals surface area contributed by atoms with Crippen molar-refractivity contribution in [2.75, 3.05) is 0 Å². The molecule has 0 radical (unpaired) electrons. The van der Waals surface area contributed by atoms with Gasteiger partial charge in [0, 0.05) is 6.07 Å². The number of halogens is 4. The van der Waals surface area contributed by atoms with Gasteiger partial charge in [-0.1, -0.05) is 17.7 Å². The summed E-state index contributed by atoms with van der Waals surface area (Å²) < 4.78 is 50.6. The summed E-state index contributed by atoms with van der Waals surface area (Å²) in [5.74, 6) is -1.01. The zero-order valence-electron chi connectivity index (χ0n) is 18.7. The molecule has 0 bridgehead atoms. The van der Waals surface area contributed by atoms with Crippen LogP contribution in [0.25, 0.3) is 0 Å². The summed E-state index contributed by atoms with van der Waals surface area (Å²) in [5.41, 5.74) is -1.79. The minimum Gasteiger partial charge on any atom is -0.457 e. The minimum atomic E-state index is -4.57. The van der Waals surface area contributed by atoms with Gasteiger partial charge in [0.2, 0.25) is 0 Å². The van der Waals surface area contributed by atoms with E-state index in [2.05, 4.69) is 0 Å². The fourth-order valence-electron chi connectivity index (χ4n) is 4.39. The molecule has 1 saturated carbocycles. The van der Waals surface area contributed by atoms with E-state index in [0.717, 1.165) is 30.5 Å². The molecular weight excluding hydrogens is 457 g/mol. The molecule has 2 aliphatic rings. The molecule has 176 valence electrons. The Labute approximate surface area is 195 Å². The van der Waals surface area contributed by atoms with Crippen LogP contribution < -0.4 is 4.74 Å². The lowest BCUT2D eigenvalue weighted by Crippen LogP contribution is -2.58. The molecular formula is C25H24ClF3O4. The van der Waals surface area contributed by atoms with Crippen LogP contribution in [0.1, 0.15) is 69.1 Å². The van der Waals surface area contributed by atoms with Gasteiger partial charge < -0.3 is 9.47 Å². The van der Waals surface area contributed by atoms with Crippen LogP contribution in [-0.4, -0.2) is 22.8 Å². The summed E-state index contributed by atoms with van der Waals surface area (Å²) in [6.45, 7) is 6.60. The normalized spacial score (nSPS) is 20.7. The molecule has 0 spiro atoms. The van der Waals surface area contributed by atoms with Gasteiger partial charge in [-0.2, -0.15) is 13.2 Å². The molecule has 1 aliphatic carbocycles. The van der Waals surface area contributed by atoms with Crippen molar-refractivity contribution in [3.63, 3.8) is 0 Å². The number of ketones is 2. The molecule has 1 saturated heterocycles. The first kappa shape index (κ1) is 23.8. The number of hydrogen-bond donors (Lipinski definition) is 0. The van der Waals surface area contributed by atoms with Crippen molar-refractivity contribution in [2.45, 2.75) is 69.8 Å². The van der Waals surface area contributed by atoms with Gasteiger partial charge >= 0.3 is 6.18 Å². The third kappa shape index (κ3) is 4.53. The first-order valence-corrected chi connectivity index (χ1v) is 11.1. The van der Waals surface area contributed by atoms with Crippen LogP contribution in [0.2, 0.25) is 5.02 Å². The number of benzene rings is 2. The summed E-state index contributed by atoms with van der Waals surface area (Å²) in [6.07, 6.45) is -2.65. The predicted molar refractivity (Wildman–Crippen MR) is 117 cm³/mol. The maximum atomic E-state index is 13.3. The van der Waals surface area contributed by atoms with Gasteiger partial charge in [-0.3, -0.25) is 9.59 Å². The quantitative estimate of drug-likeness (QED) is 0.450. The van der Waals surface area contributed by atoms with E-state index in [-0.39, 0.29) is 23.2 Å². The lowest BCUT2D eigenvalue weighted by atomic mass is 9.73. The van der Waals surface area contributed by atoms with Crippen LogP contribution in [0.3, 0.4) is 0 Å². The Morgan fingerprint density at radius 1 is 0.909 bits per heavy atom. The van der Waals surface area contributed by atoms with Crippen LogP contribution in [0.5, 0.6) is 11.5 Å². The Hall–Kier alpha value is -2.38. The molecule has 0 amide bonds. The third-order valence-electron chi connectivity index (χ3n) is 6.09. The first-order valence-electron chi connectivity index (χ1n) is 10.7. The lowest BCUT2D eigenvalue weighted by molar-refractivity contribution is -0.184. The highest BCUT2D eigenvalue weighted by Crippen LogP contribution is 2.48. The number of Topliss-reactive ketones (excluding diaryl/α,β-unsaturated/α-hetero) is 2. The van der Waals surface area contributed by atoms with Gasteiger partial charge in [-0.25, -0.2) is 0 Å². The second-order valence-electron chi connectivity index (χ2n) is 9.59. The van der Waals surface area contributed by atoms with Gasteiger partial charge in [-0.05, 0) is 81.8 Å². The van der Waals surface area contributed by atoms with Crippen LogP contribution in [0.15, 0.2) is 36.4 Å². The number of ether oxygens (including phenoxy) is 2. The molecule has 0 atom stereocenters. The smallest absolute Gasteiger partial charge is 0.417 e. The summed E-state index contributed by atoms with van der Waals surface area (Å²) in [4.78, 5) is 26.6. The summed E-state index contributed by atoms with van der Waals surface area (Å²) in [5, 5.41) is -0.479. The molecule has 2 fully saturated rings. The Balaban J connectivity index is 1.73. The third-order valence-corrected chi connectivity index (χ3v) is 6.40. The van der Waals surface area contributed by atoms with E-state index in [0.29, 0.717) is 11.3 Å². The highest BCUT2D eigenvalue weighted by Gasteiger charge is 2.53. The molecule has 1 aliphatic heterocycles. The van der Waals surface area contributed by atoms with Crippen molar-refractivity contribution in [1.82, 2.24) is 0 Å². The fraction of sp³-hybridized carbons (Fsp3) is 0.440. The molecule has 33 heavy (non-hydrogen) atoms. The largest absolute Gasteiger partial charge is 0.457 e. The number of carbonyl (C=O) groups is 2. The SMILES string of the molecule is CC1(C)OC(C)(C)C(=O)C(c2cc(Oc3ccc(C(F)(F)F)c(Cl)c3)ccc2C2CC2)C1=O. The average molecular weight is 481 g/mol. The van der Waals surface area contributed by atoms with E-state index in [1.807, 2.05) is 6.07 Å². The van der Waals surface area contributed by atoms with E-state index in [9.17, 15) is 22.8 Å². The van der Waals surface area contributed by atoms with E-state index in [1.54, 1.807) is 39.8 Å². The average Bonchev–Trinajstić information content (AvgIpc) is 3.51. The maximum absolute atomic E-state index is 13.3. The monoisotopic (exact) mass is 480 g/mol. The standard InChI is InChI=1S/C25H24ClF3O4/c1-23(2)21(30)20(22(31)24(3,4)33-23)17-11-14(7-9-16(17)13-5-6-13)32-15-8-10-18(19(26)12-15)25(27,28)29/h7-13,20H,5-6H2,1-4H3. The van der Waals surface area contributed by atoms with Crippen LogP contribution in [0, 0.1) is 0 Å². The minimum absolute atomic E-state index is 0.114. The van der Waals surface area contributed by atoms with Crippen LogP contribution >= 0.6 is 11.6 Å². The van der Waals surface area contributed by atoms with Crippen molar-refractivity contribution in [2.24, 2.45) is 0 Å². The highest BCUT2D eigenvalue weighted by atomic mass is 35.5. The Morgan fingerprint density at radius 2 is 1.45 bits per heavy atom. The molecule has 8 heteroatoms. The molecule has 2 aromatic carbocycles. The van der Waals surface area contributed by atoms with E-state index < -0.39 is 33.9 Å². The predicted octanol–water partition coefficient (Wildman–Crippen LogP) is 6.84. The molecule has 4 nitrogen and oxygen atoms in total. The second kappa shape index (κ2) is 7.84. The molecule has 4 rings (SSSR count).